The lowest BCUT2D eigenvalue weighted by atomic mass is 10.0. The monoisotopic (exact) mass is 166 g/mol. The minimum absolute atomic E-state index is 0.463. The number of rotatable bonds is 4. The van der Waals surface area contributed by atoms with E-state index in [4.69, 9.17) is 0 Å². The van der Waals surface area contributed by atoms with Crippen LogP contribution in [0.3, 0.4) is 0 Å². The number of allylic oxidation sites excluding steroid dienone is 4. The van der Waals surface area contributed by atoms with Crippen molar-refractivity contribution in [3.05, 3.63) is 23.3 Å². The van der Waals surface area contributed by atoms with Crippen LogP contribution < -0.4 is 0 Å². The van der Waals surface area contributed by atoms with E-state index in [1.165, 1.54) is 5.57 Å². The molecule has 0 fully saturated rings. The second kappa shape index (κ2) is 5.76. The zero-order chi connectivity index (χ0) is 9.56. The van der Waals surface area contributed by atoms with Crippen molar-refractivity contribution >= 4 is 6.29 Å². The second-order valence-corrected chi connectivity index (χ2v) is 3.52. The molecule has 0 aliphatic carbocycles. The van der Waals surface area contributed by atoms with E-state index in [2.05, 4.69) is 26.8 Å². The molecule has 0 aromatic carbocycles. The normalized spacial score (nSPS) is 13.8. The predicted octanol–water partition coefficient (Wildman–Crippen LogP) is 3.12. The molecule has 0 N–H and O–H groups in total. The summed E-state index contributed by atoms with van der Waals surface area (Å²) < 4.78 is 0. The fraction of sp³-hybridized carbons (Fsp3) is 0.545. The van der Waals surface area contributed by atoms with Crippen molar-refractivity contribution in [3.63, 3.8) is 0 Å². The average Bonchev–Trinajstić information content (AvgIpc) is 2.00. The summed E-state index contributed by atoms with van der Waals surface area (Å²) >= 11 is 0. The maximum absolute atomic E-state index is 10.3. The fourth-order valence-corrected chi connectivity index (χ4v) is 0.978. The number of aldehydes is 1. The van der Waals surface area contributed by atoms with E-state index in [1.807, 2.05) is 13.0 Å². The van der Waals surface area contributed by atoms with Crippen LogP contribution >= 0.6 is 0 Å². The van der Waals surface area contributed by atoms with E-state index in [0.717, 1.165) is 18.3 Å². The first kappa shape index (κ1) is 11.2. The second-order valence-electron chi connectivity index (χ2n) is 3.52. The van der Waals surface area contributed by atoms with Gasteiger partial charge in [0.1, 0.15) is 6.29 Å². The molecule has 1 heteroatoms. The summed E-state index contributed by atoms with van der Waals surface area (Å²) in [5.41, 5.74) is 2.16. The van der Waals surface area contributed by atoms with Gasteiger partial charge in [0.25, 0.3) is 0 Å². The highest BCUT2D eigenvalue weighted by Gasteiger charge is 1.95. The van der Waals surface area contributed by atoms with Crippen molar-refractivity contribution < 1.29 is 4.79 Å². The molecule has 0 spiro atoms. The van der Waals surface area contributed by atoms with Crippen molar-refractivity contribution in [1.82, 2.24) is 0 Å². The third kappa shape index (κ3) is 5.90. The Morgan fingerprint density at radius 1 is 1.33 bits per heavy atom. The van der Waals surface area contributed by atoms with Crippen molar-refractivity contribution in [1.29, 1.82) is 0 Å². The van der Waals surface area contributed by atoms with Gasteiger partial charge in [-0.15, -0.1) is 0 Å². The Bertz CT molecular complexity index is 195. The molecule has 68 valence electrons. The average molecular weight is 166 g/mol. The molecule has 0 amide bonds. The summed E-state index contributed by atoms with van der Waals surface area (Å²) in [5, 5.41) is 0. The maximum atomic E-state index is 10.3. The van der Waals surface area contributed by atoms with E-state index < -0.39 is 0 Å². The first-order valence-electron chi connectivity index (χ1n) is 4.33. The first-order valence-corrected chi connectivity index (χ1v) is 4.33. The summed E-state index contributed by atoms with van der Waals surface area (Å²) in [6, 6.07) is 0. The lowest BCUT2D eigenvalue weighted by molar-refractivity contribution is -0.104. The molecule has 1 nitrogen and oxygen atoms in total. The molecule has 0 aromatic rings. The highest BCUT2D eigenvalue weighted by Crippen LogP contribution is 2.08. The molecule has 0 saturated carbocycles. The summed E-state index contributed by atoms with van der Waals surface area (Å²) in [6.45, 7) is 8.13. The molecule has 0 rings (SSSR count). The topological polar surface area (TPSA) is 17.1 Å². The van der Waals surface area contributed by atoms with Gasteiger partial charge in [0.15, 0.2) is 0 Å². The van der Waals surface area contributed by atoms with Crippen LogP contribution in [0.25, 0.3) is 0 Å². The van der Waals surface area contributed by atoms with Crippen molar-refractivity contribution in [3.8, 4) is 0 Å². The van der Waals surface area contributed by atoms with Gasteiger partial charge >= 0.3 is 0 Å². The van der Waals surface area contributed by atoms with E-state index >= 15 is 0 Å². The van der Waals surface area contributed by atoms with E-state index in [9.17, 15) is 4.79 Å². The highest BCUT2D eigenvalue weighted by atomic mass is 16.1. The summed E-state index contributed by atoms with van der Waals surface area (Å²) in [6.07, 6.45) is 6.12. The van der Waals surface area contributed by atoms with Crippen molar-refractivity contribution in [2.24, 2.45) is 5.92 Å². The van der Waals surface area contributed by atoms with Gasteiger partial charge in [-0.1, -0.05) is 24.6 Å². The number of carbonyl (C=O) groups is 1. The van der Waals surface area contributed by atoms with Crippen LogP contribution in [0, 0.1) is 5.92 Å². The Hall–Kier alpha value is -0.850. The molecule has 1 atom stereocenters. The minimum Gasteiger partial charge on any atom is -0.298 e. The van der Waals surface area contributed by atoms with Crippen LogP contribution in [-0.2, 0) is 4.79 Å². The van der Waals surface area contributed by atoms with Crippen LogP contribution in [0.15, 0.2) is 23.3 Å². The first-order chi connectivity index (χ1) is 5.56. The Morgan fingerprint density at radius 2 is 1.92 bits per heavy atom. The van der Waals surface area contributed by atoms with Crippen molar-refractivity contribution in [2.45, 2.75) is 34.1 Å². The number of hydrogen-bond acceptors (Lipinski definition) is 1. The van der Waals surface area contributed by atoms with Gasteiger partial charge in [0.05, 0.1) is 0 Å². The van der Waals surface area contributed by atoms with E-state index in [1.54, 1.807) is 0 Å². The molecule has 12 heavy (non-hydrogen) atoms. The summed E-state index contributed by atoms with van der Waals surface area (Å²) in [5.74, 6) is 0.463. The Kier molecular flexibility index (Phi) is 5.35. The summed E-state index contributed by atoms with van der Waals surface area (Å²) in [4.78, 5) is 10.3. The molecule has 0 aromatic heterocycles. The third-order valence-electron chi connectivity index (χ3n) is 1.63. The molecular weight excluding hydrogens is 148 g/mol. The Morgan fingerprint density at radius 3 is 2.33 bits per heavy atom. The molecule has 0 radical (unpaired) electrons. The zero-order valence-electron chi connectivity index (χ0n) is 8.42. The lowest BCUT2D eigenvalue weighted by Gasteiger charge is -2.02. The molecule has 0 heterocycles. The van der Waals surface area contributed by atoms with Crippen LogP contribution in [0.2, 0.25) is 0 Å². The smallest absolute Gasteiger partial charge is 0.145 e. The van der Waals surface area contributed by atoms with Crippen LogP contribution in [0.5, 0.6) is 0 Å². The molecule has 0 saturated heterocycles. The third-order valence-corrected chi connectivity index (χ3v) is 1.63. The molecule has 0 aliphatic rings. The van der Waals surface area contributed by atoms with Gasteiger partial charge in [0, 0.05) is 0 Å². The fourth-order valence-electron chi connectivity index (χ4n) is 0.978. The van der Waals surface area contributed by atoms with E-state index in [0.29, 0.717) is 5.92 Å². The number of carbonyl (C=O) groups excluding carboxylic acids is 1. The maximum Gasteiger partial charge on any atom is 0.145 e. The lowest BCUT2D eigenvalue weighted by Crippen LogP contribution is -1.90. The Balaban J connectivity index is 3.97. The predicted molar refractivity (Wildman–Crippen MR) is 53.0 cm³/mol. The quantitative estimate of drug-likeness (QED) is 0.356. The zero-order valence-corrected chi connectivity index (χ0v) is 8.42. The van der Waals surface area contributed by atoms with Crippen LogP contribution in [0.1, 0.15) is 34.1 Å². The van der Waals surface area contributed by atoms with Gasteiger partial charge in [-0.2, -0.15) is 0 Å². The van der Waals surface area contributed by atoms with Gasteiger partial charge in [-0.25, -0.2) is 0 Å². The van der Waals surface area contributed by atoms with Gasteiger partial charge in [0.2, 0.25) is 0 Å². The SMILES string of the molecule is CC(C)=CCC(C)/C=C(\C)C=O. The van der Waals surface area contributed by atoms with Gasteiger partial charge < -0.3 is 0 Å². The Labute approximate surface area is 75.2 Å². The molecule has 0 bridgehead atoms. The van der Waals surface area contributed by atoms with Crippen LogP contribution in [0.4, 0.5) is 0 Å². The molecular formula is C11H18O. The van der Waals surface area contributed by atoms with Crippen LogP contribution in [-0.4, -0.2) is 6.29 Å². The van der Waals surface area contributed by atoms with Crippen molar-refractivity contribution in [2.75, 3.05) is 0 Å². The highest BCUT2D eigenvalue weighted by molar-refractivity contribution is 5.72. The standard InChI is InChI=1S/C11H18O/c1-9(2)5-6-10(3)7-11(4)8-12/h5,7-8,10H,6H2,1-4H3/b11-7+. The van der Waals surface area contributed by atoms with E-state index in [-0.39, 0.29) is 0 Å². The minimum atomic E-state index is 0.463. The van der Waals surface area contributed by atoms with Gasteiger partial charge in [-0.3, -0.25) is 4.79 Å². The molecule has 1 unspecified atom stereocenters. The number of hydrogen-bond donors (Lipinski definition) is 0. The largest absolute Gasteiger partial charge is 0.298 e. The summed E-state index contributed by atoms with van der Waals surface area (Å²) in [7, 11) is 0. The molecule has 0 aliphatic heterocycles. The van der Waals surface area contributed by atoms with Gasteiger partial charge in [-0.05, 0) is 38.7 Å².